The molecule has 1 aliphatic rings. The van der Waals surface area contributed by atoms with Crippen molar-refractivity contribution in [1.29, 1.82) is 0 Å². The van der Waals surface area contributed by atoms with Gasteiger partial charge in [0.1, 0.15) is 0 Å². The molecule has 2 heteroatoms. The van der Waals surface area contributed by atoms with Crippen LogP contribution < -0.4 is 14.9 Å². The zero-order chi connectivity index (χ0) is 20.8. The van der Waals surface area contributed by atoms with Gasteiger partial charge in [-0.3, -0.25) is 0 Å². The summed E-state index contributed by atoms with van der Waals surface area (Å²) in [6, 6.07) is 40.2. The fraction of sp³-hybridized carbons (Fsp3) is 0.143. The summed E-state index contributed by atoms with van der Waals surface area (Å²) < 4.78 is 2.71. The average molecular weight is 406 g/mol. The molecule has 0 saturated heterocycles. The Hall–Kier alpha value is -3.10. The van der Waals surface area contributed by atoms with Gasteiger partial charge in [0.25, 0.3) is 0 Å². The molecule has 4 aromatic carbocycles. The maximum absolute atomic E-state index is 2.71. The second kappa shape index (κ2) is 7.00. The Morgan fingerprint density at radius 3 is 1.77 bits per heavy atom. The standard InChI is InChI=1S/C28H27NSi/c1-28(2,3)30(23-16-8-5-9-17-23)27-21-13-11-19-25(27)24-18-10-12-20-26(24)29(30)22-14-6-4-7-15-22/h4-21H,1-3H3. The van der Waals surface area contributed by atoms with Gasteiger partial charge in [0.05, 0.1) is 0 Å². The Kier molecular flexibility index (Phi) is 4.41. The number of benzene rings is 4. The maximum atomic E-state index is 2.71. The summed E-state index contributed by atoms with van der Waals surface area (Å²) >= 11 is 0. The van der Waals surface area contributed by atoms with Crippen LogP contribution in [0.5, 0.6) is 0 Å². The van der Waals surface area contributed by atoms with E-state index in [0.29, 0.717) is 0 Å². The van der Waals surface area contributed by atoms with Gasteiger partial charge in [-0.05, 0) is 39.2 Å². The molecule has 1 unspecified atom stereocenters. The molecule has 0 amide bonds. The van der Waals surface area contributed by atoms with Crippen molar-refractivity contribution in [3.05, 3.63) is 109 Å². The van der Waals surface area contributed by atoms with Crippen LogP contribution in [-0.2, 0) is 0 Å². The number of anilines is 2. The van der Waals surface area contributed by atoms with Crippen LogP contribution in [0.15, 0.2) is 109 Å². The zero-order valence-corrected chi connectivity index (χ0v) is 18.8. The molecule has 0 aliphatic carbocycles. The first-order valence-corrected chi connectivity index (χ1v) is 12.6. The molecule has 0 radical (unpaired) electrons. The van der Waals surface area contributed by atoms with E-state index in [4.69, 9.17) is 0 Å². The van der Waals surface area contributed by atoms with E-state index >= 15 is 0 Å². The van der Waals surface area contributed by atoms with E-state index in [9.17, 15) is 0 Å². The van der Waals surface area contributed by atoms with Crippen LogP contribution in [0, 0.1) is 0 Å². The molecule has 5 rings (SSSR count). The normalized spacial score (nSPS) is 17.9. The van der Waals surface area contributed by atoms with Crippen LogP contribution in [0.3, 0.4) is 0 Å². The molecule has 148 valence electrons. The molecule has 30 heavy (non-hydrogen) atoms. The summed E-state index contributed by atoms with van der Waals surface area (Å²) in [7, 11) is -2.47. The Bertz CT molecular complexity index is 1180. The van der Waals surface area contributed by atoms with Gasteiger partial charge >= 0.3 is 0 Å². The summed E-state index contributed by atoms with van der Waals surface area (Å²) in [5.74, 6) is 0. The number of hydrogen-bond donors (Lipinski definition) is 0. The van der Waals surface area contributed by atoms with Crippen molar-refractivity contribution in [2.24, 2.45) is 0 Å². The van der Waals surface area contributed by atoms with Gasteiger partial charge in [-0.1, -0.05) is 112 Å². The fourth-order valence-corrected chi connectivity index (χ4v) is 11.1. The predicted octanol–water partition coefficient (Wildman–Crippen LogP) is 6.37. The van der Waals surface area contributed by atoms with Crippen molar-refractivity contribution in [3.63, 3.8) is 0 Å². The van der Waals surface area contributed by atoms with Gasteiger partial charge in [0.15, 0.2) is 0 Å². The Labute approximate surface area is 180 Å². The molecule has 0 bridgehead atoms. The molecule has 4 aromatic rings. The van der Waals surface area contributed by atoms with Gasteiger partial charge in [-0.25, -0.2) is 0 Å². The summed E-state index contributed by atoms with van der Waals surface area (Å²) in [6.45, 7) is 7.27. The van der Waals surface area contributed by atoms with Crippen molar-refractivity contribution in [2.45, 2.75) is 25.8 Å². The molecule has 0 saturated carbocycles. The smallest absolute Gasteiger partial charge is 0.231 e. The maximum Gasteiger partial charge on any atom is 0.231 e. The highest BCUT2D eigenvalue weighted by Crippen LogP contribution is 2.50. The number of rotatable bonds is 2. The lowest BCUT2D eigenvalue weighted by Crippen LogP contribution is -2.75. The van der Waals surface area contributed by atoms with E-state index in [1.165, 1.54) is 32.9 Å². The van der Waals surface area contributed by atoms with Gasteiger partial charge in [0.2, 0.25) is 8.24 Å². The molecule has 1 aliphatic heterocycles. The van der Waals surface area contributed by atoms with Crippen molar-refractivity contribution in [2.75, 3.05) is 4.57 Å². The topological polar surface area (TPSA) is 3.24 Å². The molecule has 0 N–H and O–H groups in total. The third-order valence-electron chi connectivity index (χ3n) is 6.38. The van der Waals surface area contributed by atoms with E-state index in [1.807, 2.05) is 0 Å². The van der Waals surface area contributed by atoms with Crippen LogP contribution in [0.25, 0.3) is 11.1 Å². The van der Waals surface area contributed by atoms with Gasteiger partial charge in [-0.15, -0.1) is 0 Å². The van der Waals surface area contributed by atoms with Crippen molar-refractivity contribution in [3.8, 4) is 11.1 Å². The van der Waals surface area contributed by atoms with Crippen LogP contribution in [-0.4, -0.2) is 8.24 Å². The van der Waals surface area contributed by atoms with Crippen LogP contribution in [0.1, 0.15) is 20.8 Å². The molecule has 1 nitrogen and oxygen atoms in total. The van der Waals surface area contributed by atoms with E-state index in [-0.39, 0.29) is 5.04 Å². The Morgan fingerprint density at radius 1 is 0.567 bits per heavy atom. The quantitative estimate of drug-likeness (QED) is 0.351. The predicted molar refractivity (Wildman–Crippen MR) is 132 cm³/mol. The Morgan fingerprint density at radius 2 is 1.10 bits per heavy atom. The van der Waals surface area contributed by atoms with Crippen molar-refractivity contribution >= 4 is 30.0 Å². The van der Waals surface area contributed by atoms with Crippen molar-refractivity contribution < 1.29 is 0 Å². The third kappa shape index (κ3) is 2.60. The van der Waals surface area contributed by atoms with Crippen LogP contribution >= 0.6 is 0 Å². The molecule has 0 fully saturated rings. The second-order valence-electron chi connectivity index (χ2n) is 9.06. The molecule has 1 atom stereocenters. The zero-order valence-electron chi connectivity index (χ0n) is 17.8. The first-order valence-electron chi connectivity index (χ1n) is 10.6. The van der Waals surface area contributed by atoms with Crippen LogP contribution in [0.2, 0.25) is 5.04 Å². The minimum absolute atomic E-state index is 0.0494. The van der Waals surface area contributed by atoms with E-state index in [2.05, 4.69) is 135 Å². The molecular formula is C28H27NSi. The first-order chi connectivity index (χ1) is 14.5. The second-order valence-corrected chi connectivity index (χ2v) is 13.5. The van der Waals surface area contributed by atoms with E-state index in [1.54, 1.807) is 0 Å². The van der Waals surface area contributed by atoms with Crippen LogP contribution in [0.4, 0.5) is 11.4 Å². The number of para-hydroxylation sites is 2. The first kappa shape index (κ1) is 18.9. The number of fused-ring (bicyclic) bond motifs is 3. The van der Waals surface area contributed by atoms with Gasteiger partial charge < -0.3 is 4.57 Å². The fourth-order valence-electron chi connectivity index (χ4n) is 5.28. The summed E-state index contributed by atoms with van der Waals surface area (Å²) in [5, 5.41) is 2.99. The highest BCUT2D eigenvalue weighted by Gasteiger charge is 2.56. The number of hydrogen-bond acceptors (Lipinski definition) is 1. The molecule has 0 aromatic heterocycles. The monoisotopic (exact) mass is 405 g/mol. The SMILES string of the molecule is CC(C)(C)[Si]1(c2ccccc2)c2ccccc2-c2ccccc2N1c1ccccc1. The highest BCUT2D eigenvalue weighted by atomic mass is 28.3. The minimum atomic E-state index is -2.47. The van der Waals surface area contributed by atoms with Crippen molar-refractivity contribution in [1.82, 2.24) is 0 Å². The lowest BCUT2D eigenvalue weighted by Gasteiger charge is -2.55. The summed E-state index contributed by atoms with van der Waals surface area (Å²) in [5.41, 5.74) is 5.28. The largest absolute Gasteiger partial charge is 0.359 e. The Balaban J connectivity index is 1.99. The highest BCUT2D eigenvalue weighted by molar-refractivity contribution is 7.08. The summed E-state index contributed by atoms with van der Waals surface area (Å²) in [4.78, 5) is 0. The molecule has 0 spiro atoms. The van der Waals surface area contributed by atoms with E-state index < -0.39 is 8.24 Å². The van der Waals surface area contributed by atoms with Gasteiger partial charge in [0, 0.05) is 16.9 Å². The third-order valence-corrected chi connectivity index (χ3v) is 12.1. The van der Waals surface area contributed by atoms with Gasteiger partial charge in [-0.2, -0.15) is 0 Å². The summed E-state index contributed by atoms with van der Waals surface area (Å²) in [6.07, 6.45) is 0. The minimum Gasteiger partial charge on any atom is -0.359 e. The molecule has 1 heterocycles. The molecular weight excluding hydrogens is 378 g/mol. The van der Waals surface area contributed by atoms with E-state index in [0.717, 1.165) is 0 Å². The average Bonchev–Trinajstić information content (AvgIpc) is 2.78. The lowest BCUT2D eigenvalue weighted by atomic mass is 10.0. The number of nitrogens with zero attached hydrogens (tertiary/aromatic N) is 1. The lowest BCUT2D eigenvalue weighted by molar-refractivity contribution is 0.726.